The van der Waals surface area contributed by atoms with Gasteiger partial charge in [-0.2, -0.15) is 26.3 Å². The molecule has 0 radical (unpaired) electrons. The van der Waals surface area contributed by atoms with Gasteiger partial charge in [-0.1, -0.05) is 13.8 Å². The molecule has 0 amide bonds. The van der Waals surface area contributed by atoms with Crippen molar-refractivity contribution in [2.24, 2.45) is 17.0 Å². The molecule has 0 saturated heterocycles. The van der Waals surface area contributed by atoms with E-state index in [9.17, 15) is 34.8 Å². The minimum atomic E-state index is -5.62. The Balaban J connectivity index is 4.91. The summed E-state index contributed by atoms with van der Waals surface area (Å²) >= 11 is 0. The second-order valence-corrected chi connectivity index (χ2v) is 6.29. The first-order valence-electron chi connectivity index (χ1n) is 5.40. The number of rotatable bonds is 6. The Morgan fingerprint density at radius 2 is 1.45 bits per heavy atom. The molecule has 1 unspecified atom stereocenters. The third kappa shape index (κ3) is 7.29. The van der Waals surface area contributed by atoms with Gasteiger partial charge in [0.2, 0.25) is 16.1 Å². The van der Waals surface area contributed by atoms with E-state index in [1.54, 1.807) is 0 Å². The van der Waals surface area contributed by atoms with E-state index in [0.717, 1.165) is 0 Å². The Bertz CT molecular complexity index is 389. The van der Waals surface area contributed by atoms with E-state index in [0.29, 0.717) is 0 Å². The van der Waals surface area contributed by atoms with Gasteiger partial charge in [0.15, 0.2) is 0 Å². The first kappa shape index (κ1) is 19.4. The van der Waals surface area contributed by atoms with Crippen LogP contribution in [0.2, 0.25) is 0 Å². The van der Waals surface area contributed by atoms with Crippen LogP contribution in [0.25, 0.3) is 0 Å². The highest BCUT2D eigenvalue weighted by Gasteiger charge is 2.58. The van der Waals surface area contributed by atoms with Crippen LogP contribution in [0.3, 0.4) is 0 Å². The fraction of sp³-hybridized carbons (Fsp3) is 1.00. The Morgan fingerprint density at radius 1 is 1.05 bits per heavy atom. The zero-order chi connectivity index (χ0) is 16.4. The molecular formula is C9H15F6NO3S. The van der Waals surface area contributed by atoms with Gasteiger partial charge in [-0.25, -0.2) is 13.6 Å². The van der Waals surface area contributed by atoms with Crippen molar-refractivity contribution >= 4 is 10.0 Å². The summed E-state index contributed by atoms with van der Waals surface area (Å²) in [7, 11) is -4.03. The molecule has 0 spiro atoms. The molecule has 0 aliphatic carbocycles. The Morgan fingerprint density at radius 3 is 1.70 bits per heavy atom. The predicted molar refractivity (Wildman–Crippen MR) is 58.2 cm³/mol. The highest BCUT2D eigenvalue weighted by molar-refractivity contribution is 7.89. The van der Waals surface area contributed by atoms with Gasteiger partial charge in [-0.3, -0.25) is 0 Å². The van der Waals surface area contributed by atoms with Gasteiger partial charge in [0.05, 0.1) is 12.4 Å². The van der Waals surface area contributed by atoms with Crippen molar-refractivity contribution < 1.29 is 39.5 Å². The van der Waals surface area contributed by atoms with Crippen molar-refractivity contribution in [2.75, 3.05) is 12.4 Å². The molecule has 20 heavy (non-hydrogen) atoms. The van der Waals surface area contributed by atoms with Gasteiger partial charge >= 0.3 is 12.4 Å². The van der Waals surface area contributed by atoms with Crippen LogP contribution in [0.1, 0.15) is 13.8 Å². The van der Waals surface area contributed by atoms with Crippen molar-refractivity contribution in [3.63, 3.8) is 0 Å². The molecule has 122 valence electrons. The fourth-order valence-corrected chi connectivity index (χ4v) is 2.40. The lowest BCUT2D eigenvalue weighted by atomic mass is 9.99. The number of halogens is 6. The van der Waals surface area contributed by atoms with Crippen LogP contribution in [0, 0.1) is 11.8 Å². The normalized spacial score (nSPS) is 15.9. The fourth-order valence-electron chi connectivity index (χ4n) is 1.33. The standard InChI is InChI=1S/C9H15F6NO3S/c1-5(2)6(4-20(16,17)18)3-19-7(8(10,11)12)9(13,14)15/h5-7H,3-4H2,1-2H3,(H2,16,17,18). The number of hydrogen-bond donors (Lipinski definition) is 1. The monoisotopic (exact) mass is 331 g/mol. The third-order valence-corrected chi connectivity index (χ3v) is 3.35. The number of primary sulfonamides is 1. The van der Waals surface area contributed by atoms with E-state index in [2.05, 4.69) is 4.74 Å². The van der Waals surface area contributed by atoms with Crippen molar-refractivity contribution in [3.05, 3.63) is 0 Å². The van der Waals surface area contributed by atoms with Gasteiger partial charge < -0.3 is 4.74 Å². The zero-order valence-electron chi connectivity index (χ0n) is 10.6. The molecule has 0 saturated carbocycles. The average molecular weight is 331 g/mol. The maximum absolute atomic E-state index is 12.2. The maximum atomic E-state index is 12.2. The predicted octanol–water partition coefficient (Wildman–Crippen LogP) is 2.06. The summed E-state index contributed by atoms with van der Waals surface area (Å²) in [6.07, 6.45) is -15.2. The molecule has 0 bridgehead atoms. The molecule has 0 aromatic rings. The molecule has 11 heteroatoms. The molecule has 4 nitrogen and oxygen atoms in total. The Labute approximate surface area is 112 Å². The van der Waals surface area contributed by atoms with Crippen molar-refractivity contribution in [1.82, 2.24) is 0 Å². The SMILES string of the molecule is CC(C)C(COC(C(F)(F)F)C(F)(F)F)CS(N)(=O)=O. The molecule has 0 fully saturated rings. The minimum Gasteiger partial charge on any atom is -0.361 e. The lowest BCUT2D eigenvalue weighted by Gasteiger charge is -2.26. The summed E-state index contributed by atoms with van der Waals surface area (Å²) in [5.41, 5.74) is 0. The Kier molecular flexibility index (Phi) is 6.30. The van der Waals surface area contributed by atoms with Crippen LogP contribution in [0.5, 0.6) is 0 Å². The van der Waals surface area contributed by atoms with E-state index in [4.69, 9.17) is 5.14 Å². The molecule has 0 rings (SSSR count). The molecular weight excluding hydrogens is 316 g/mol. The van der Waals surface area contributed by atoms with Gasteiger partial charge in [0.25, 0.3) is 0 Å². The van der Waals surface area contributed by atoms with Crippen LogP contribution < -0.4 is 5.14 Å². The molecule has 0 aromatic heterocycles. The summed E-state index contributed by atoms with van der Waals surface area (Å²) in [6.45, 7) is 1.86. The summed E-state index contributed by atoms with van der Waals surface area (Å²) in [4.78, 5) is 0. The summed E-state index contributed by atoms with van der Waals surface area (Å²) in [5.74, 6) is -2.35. The molecule has 0 aromatic carbocycles. The molecule has 2 N–H and O–H groups in total. The third-order valence-electron chi connectivity index (χ3n) is 2.46. The number of nitrogens with two attached hydrogens (primary N) is 1. The van der Waals surface area contributed by atoms with Crippen LogP contribution in [0.4, 0.5) is 26.3 Å². The smallest absolute Gasteiger partial charge is 0.361 e. The second kappa shape index (κ2) is 6.48. The van der Waals surface area contributed by atoms with Crippen molar-refractivity contribution in [2.45, 2.75) is 32.3 Å². The number of ether oxygens (including phenoxy) is 1. The van der Waals surface area contributed by atoms with Crippen LogP contribution in [-0.2, 0) is 14.8 Å². The first-order valence-corrected chi connectivity index (χ1v) is 7.11. The maximum Gasteiger partial charge on any atom is 0.423 e. The number of sulfonamides is 1. The largest absolute Gasteiger partial charge is 0.423 e. The van der Waals surface area contributed by atoms with Crippen molar-refractivity contribution in [3.8, 4) is 0 Å². The van der Waals surface area contributed by atoms with Crippen LogP contribution in [-0.4, -0.2) is 39.2 Å². The highest BCUT2D eigenvalue weighted by Crippen LogP contribution is 2.36. The molecule has 0 heterocycles. The van der Waals surface area contributed by atoms with Crippen molar-refractivity contribution in [1.29, 1.82) is 0 Å². The highest BCUT2D eigenvalue weighted by atomic mass is 32.2. The lowest BCUT2D eigenvalue weighted by Crippen LogP contribution is -2.45. The van der Waals surface area contributed by atoms with Gasteiger partial charge in [0, 0.05) is 0 Å². The lowest BCUT2D eigenvalue weighted by molar-refractivity contribution is -0.323. The summed E-state index contributed by atoms with van der Waals surface area (Å²) in [5, 5.41) is 4.72. The second-order valence-electron chi connectivity index (χ2n) is 4.63. The van der Waals surface area contributed by atoms with Gasteiger partial charge in [-0.05, 0) is 11.8 Å². The van der Waals surface area contributed by atoms with Gasteiger partial charge in [0.1, 0.15) is 0 Å². The average Bonchev–Trinajstić information content (AvgIpc) is 2.09. The number of hydrogen-bond acceptors (Lipinski definition) is 3. The van der Waals surface area contributed by atoms with E-state index < -0.39 is 52.7 Å². The van der Waals surface area contributed by atoms with E-state index in [1.807, 2.05) is 0 Å². The topological polar surface area (TPSA) is 69.4 Å². The van der Waals surface area contributed by atoms with E-state index in [-0.39, 0.29) is 0 Å². The van der Waals surface area contributed by atoms with Crippen LogP contribution in [0.15, 0.2) is 0 Å². The Hall–Kier alpha value is -0.550. The summed E-state index contributed by atoms with van der Waals surface area (Å²) < 4.78 is 98.9. The van der Waals surface area contributed by atoms with Gasteiger partial charge in [-0.15, -0.1) is 0 Å². The summed E-state index contributed by atoms with van der Waals surface area (Å²) in [6, 6.07) is 0. The molecule has 0 aliphatic heterocycles. The van der Waals surface area contributed by atoms with E-state index in [1.165, 1.54) is 13.8 Å². The first-order chi connectivity index (χ1) is 8.64. The zero-order valence-corrected chi connectivity index (χ0v) is 11.4. The van der Waals surface area contributed by atoms with E-state index >= 15 is 0 Å². The quantitative estimate of drug-likeness (QED) is 0.758. The molecule has 0 aliphatic rings. The minimum absolute atomic E-state index is 0.518. The number of alkyl halides is 6. The van der Waals surface area contributed by atoms with Crippen LogP contribution >= 0.6 is 0 Å². The molecule has 1 atom stereocenters.